The fraction of sp³-hybridized carbons (Fsp3) is 0.500. The van der Waals surface area contributed by atoms with Crippen molar-refractivity contribution in [2.45, 2.75) is 49.4 Å². The highest BCUT2D eigenvalue weighted by atomic mass is 32.2. The van der Waals surface area contributed by atoms with Gasteiger partial charge in [-0.05, 0) is 31.9 Å². The number of rotatable bonds is 5. The fourth-order valence-electron chi connectivity index (χ4n) is 2.98. The number of thioether (sulfide) groups is 1. The molecule has 2 unspecified atom stereocenters. The fourth-order valence-corrected chi connectivity index (χ4v) is 3.92. The van der Waals surface area contributed by atoms with Crippen LogP contribution in [-0.4, -0.2) is 39.6 Å². The van der Waals surface area contributed by atoms with Crippen LogP contribution in [0.15, 0.2) is 40.2 Å². The Kier molecular flexibility index (Phi) is 5.96. The molecule has 2 atom stereocenters. The van der Waals surface area contributed by atoms with Gasteiger partial charge in [-0.25, -0.2) is 9.67 Å². The lowest BCUT2D eigenvalue weighted by atomic mass is 10.1. The number of fused-ring (bicyclic) bond motifs is 1. The first-order chi connectivity index (χ1) is 12.2. The molecule has 134 valence electrons. The van der Waals surface area contributed by atoms with Gasteiger partial charge in [-0.1, -0.05) is 25.1 Å². The van der Waals surface area contributed by atoms with Crippen LogP contribution in [0.4, 0.5) is 0 Å². The second kappa shape index (κ2) is 8.38. The van der Waals surface area contributed by atoms with E-state index in [0.717, 1.165) is 43.5 Å². The van der Waals surface area contributed by atoms with Crippen molar-refractivity contribution in [3.05, 3.63) is 42.0 Å². The number of hydrogen-bond acceptors (Lipinski definition) is 4. The summed E-state index contributed by atoms with van der Waals surface area (Å²) in [6.45, 7) is 5.96. The number of nitrogens with zero attached hydrogens (tertiary/aromatic N) is 4. The van der Waals surface area contributed by atoms with E-state index in [1.54, 1.807) is 0 Å². The van der Waals surface area contributed by atoms with Crippen molar-refractivity contribution in [2.24, 2.45) is 4.99 Å². The van der Waals surface area contributed by atoms with Gasteiger partial charge in [0.25, 0.3) is 0 Å². The molecular formula is C18H26N6S. The van der Waals surface area contributed by atoms with Crippen molar-refractivity contribution in [1.29, 1.82) is 0 Å². The van der Waals surface area contributed by atoms with Crippen LogP contribution in [0.5, 0.6) is 0 Å². The molecule has 1 aliphatic rings. The molecule has 7 heteroatoms. The zero-order chi connectivity index (χ0) is 17.6. The summed E-state index contributed by atoms with van der Waals surface area (Å²) in [5.41, 5.74) is 0. The minimum Gasteiger partial charge on any atom is -0.355 e. The Hall–Kier alpha value is -2.02. The van der Waals surface area contributed by atoms with Crippen LogP contribution in [0.2, 0.25) is 0 Å². The van der Waals surface area contributed by atoms with E-state index in [0.29, 0.717) is 5.25 Å². The lowest BCUT2D eigenvalue weighted by Crippen LogP contribution is -2.43. The molecule has 25 heavy (non-hydrogen) atoms. The zero-order valence-corrected chi connectivity index (χ0v) is 15.9. The third-order valence-corrected chi connectivity index (χ3v) is 5.27. The molecular weight excluding hydrogens is 332 g/mol. The van der Waals surface area contributed by atoms with E-state index in [1.165, 1.54) is 4.90 Å². The van der Waals surface area contributed by atoms with Gasteiger partial charge >= 0.3 is 0 Å². The second-order valence-electron chi connectivity index (χ2n) is 6.27. The Bertz CT molecular complexity index is 712. The van der Waals surface area contributed by atoms with Crippen molar-refractivity contribution in [1.82, 2.24) is 25.4 Å². The van der Waals surface area contributed by atoms with Gasteiger partial charge in [0, 0.05) is 30.3 Å². The standard InChI is InChI=1S/C18H26N6S/c1-13(25-15-8-5-4-6-9-15)12-20-18(19-3)22-16-10-7-11-24-17(16)21-14(2)23-24/h4-6,8-9,13,16H,7,10-12H2,1-3H3,(H2,19,20,22). The molecule has 3 rings (SSSR count). The third-order valence-electron chi connectivity index (χ3n) is 4.15. The highest BCUT2D eigenvalue weighted by molar-refractivity contribution is 8.00. The van der Waals surface area contributed by atoms with Crippen LogP contribution in [0.1, 0.15) is 37.5 Å². The van der Waals surface area contributed by atoms with Gasteiger partial charge in [-0.15, -0.1) is 11.8 Å². The average Bonchev–Trinajstić information content (AvgIpc) is 3.00. The number of guanidine groups is 1. The molecule has 0 aliphatic carbocycles. The number of nitrogens with one attached hydrogen (secondary N) is 2. The van der Waals surface area contributed by atoms with Crippen molar-refractivity contribution in [3.63, 3.8) is 0 Å². The van der Waals surface area contributed by atoms with Gasteiger partial charge < -0.3 is 10.6 Å². The van der Waals surface area contributed by atoms with Crippen LogP contribution < -0.4 is 10.6 Å². The van der Waals surface area contributed by atoms with E-state index in [9.17, 15) is 0 Å². The lowest BCUT2D eigenvalue weighted by Gasteiger charge is -2.25. The van der Waals surface area contributed by atoms with Crippen molar-refractivity contribution >= 4 is 17.7 Å². The second-order valence-corrected chi connectivity index (χ2v) is 7.79. The van der Waals surface area contributed by atoms with E-state index in [4.69, 9.17) is 0 Å². The van der Waals surface area contributed by atoms with Crippen molar-refractivity contribution < 1.29 is 0 Å². The van der Waals surface area contributed by atoms with Gasteiger partial charge in [0.2, 0.25) is 0 Å². The van der Waals surface area contributed by atoms with E-state index < -0.39 is 0 Å². The van der Waals surface area contributed by atoms with E-state index in [-0.39, 0.29) is 6.04 Å². The van der Waals surface area contributed by atoms with Crippen LogP contribution in [0.25, 0.3) is 0 Å². The van der Waals surface area contributed by atoms with E-state index in [1.807, 2.05) is 36.5 Å². The zero-order valence-electron chi connectivity index (χ0n) is 15.1. The van der Waals surface area contributed by atoms with Gasteiger partial charge in [0.05, 0.1) is 6.04 Å². The summed E-state index contributed by atoms with van der Waals surface area (Å²) in [6, 6.07) is 10.6. The predicted octanol–water partition coefficient (Wildman–Crippen LogP) is 2.77. The molecule has 1 aliphatic heterocycles. The molecule has 0 bridgehead atoms. The summed E-state index contributed by atoms with van der Waals surface area (Å²) in [5.74, 6) is 2.66. The number of aliphatic imine (C=N–C) groups is 1. The highest BCUT2D eigenvalue weighted by Crippen LogP contribution is 2.23. The molecule has 0 saturated heterocycles. The first-order valence-corrected chi connectivity index (χ1v) is 9.64. The number of hydrogen-bond donors (Lipinski definition) is 2. The molecule has 0 fully saturated rings. The molecule has 6 nitrogen and oxygen atoms in total. The lowest BCUT2D eigenvalue weighted by molar-refractivity contribution is 0.398. The van der Waals surface area contributed by atoms with Gasteiger partial charge in [-0.2, -0.15) is 5.10 Å². The quantitative estimate of drug-likeness (QED) is 0.489. The number of benzene rings is 1. The summed E-state index contributed by atoms with van der Waals surface area (Å²) >= 11 is 1.86. The van der Waals surface area contributed by atoms with Crippen LogP contribution >= 0.6 is 11.8 Å². The summed E-state index contributed by atoms with van der Waals surface area (Å²) in [7, 11) is 1.81. The maximum atomic E-state index is 4.57. The SMILES string of the molecule is CN=C(NCC(C)Sc1ccccc1)NC1CCCn2nc(C)nc21. The minimum absolute atomic E-state index is 0.165. The Morgan fingerprint density at radius 2 is 2.20 bits per heavy atom. The minimum atomic E-state index is 0.165. The molecule has 0 amide bonds. The maximum absolute atomic E-state index is 4.57. The van der Waals surface area contributed by atoms with E-state index >= 15 is 0 Å². The smallest absolute Gasteiger partial charge is 0.191 e. The van der Waals surface area contributed by atoms with Crippen molar-refractivity contribution in [3.8, 4) is 0 Å². The summed E-state index contributed by atoms with van der Waals surface area (Å²) in [6.07, 6.45) is 2.15. The predicted molar refractivity (Wildman–Crippen MR) is 103 cm³/mol. The molecule has 0 saturated carbocycles. The molecule has 1 aromatic carbocycles. The first kappa shape index (κ1) is 17.8. The maximum Gasteiger partial charge on any atom is 0.191 e. The largest absolute Gasteiger partial charge is 0.355 e. The van der Waals surface area contributed by atoms with Gasteiger partial charge in [-0.3, -0.25) is 4.99 Å². The topological polar surface area (TPSA) is 67.1 Å². The highest BCUT2D eigenvalue weighted by Gasteiger charge is 2.24. The Balaban J connectivity index is 1.53. The normalized spacial score (nSPS) is 18.5. The van der Waals surface area contributed by atoms with Gasteiger partial charge in [0.1, 0.15) is 11.6 Å². The molecule has 0 spiro atoms. The Morgan fingerprint density at radius 1 is 1.40 bits per heavy atom. The average molecular weight is 359 g/mol. The Labute approximate surface area is 153 Å². The van der Waals surface area contributed by atoms with Gasteiger partial charge in [0.15, 0.2) is 5.96 Å². The molecule has 2 N–H and O–H groups in total. The third kappa shape index (κ3) is 4.75. The molecule has 0 radical (unpaired) electrons. The summed E-state index contributed by atoms with van der Waals surface area (Å²) in [5, 5.41) is 11.8. The summed E-state index contributed by atoms with van der Waals surface area (Å²) < 4.78 is 2.01. The molecule has 1 aromatic heterocycles. The monoisotopic (exact) mass is 358 g/mol. The van der Waals surface area contributed by atoms with Crippen LogP contribution in [-0.2, 0) is 6.54 Å². The molecule has 2 heterocycles. The molecule has 2 aromatic rings. The van der Waals surface area contributed by atoms with Crippen molar-refractivity contribution in [2.75, 3.05) is 13.6 Å². The number of aryl methyl sites for hydroxylation is 2. The summed E-state index contributed by atoms with van der Waals surface area (Å²) in [4.78, 5) is 10.2. The number of aromatic nitrogens is 3. The van der Waals surface area contributed by atoms with Crippen LogP contribution in [0.3, 0.4) is 0 Å². The van der Waals surface area contributed by atoms with E-state index in [2.05, 4.69) is 56.9 Å². The Morgan fingerprint density at radius 3 is 2.96 bits per heavy atom. The first-order valence-electron chi connectivity index (χ1n) is 8.76. The van der Waals surface area contributed by atoms with Crippen LogP contribution in [0, 0.1) is 6.92 Å².